The van der Waals surface area contributed by atoms with E-state index in [2.05, 4.69) is 10.3 Å². The van der Waals surface area contributed by atoms with Crippen molar-refractivity contribution in [1.29, 1.82) is 0 Å². The van der Waals surface area contributed by atoms with Gasteiger partial charge in [-0.3, -0.25) is 4.79 Å². The third-order valence-corrected chi connectivity index (χ3v) is 3.83. The van der Waals surface area contributed by atoms with Gasteiger partial charge in [0.1, 0.15) is 11.6 Å². The van der Waals surface area contributed by atoms with Crippen molar-refractivity contribution >= 4 is 23.1 Å². The second-order valence-electron chi connectivity index (χ2n) is 5.62. The van der Waals surface area contributed by atoms with Crippen LogP contribution in [0.25, 0.3) is 0 Å². The number of nitrogens with zero attached hydrogens (tertiary/aromatic N) is 2. The van der Waals surface area contributed by atoms with Crippen molar-refractivity contribution in [3.05, 3.63) is 84.3 Å². The molecule has 4 nitrogen and oxygen atoms in total. The number of rotatable bonds is 5. The van der Waals surface area contributed by atoms with Crippen LogP contribution in [0.4, 0.5) is 21.6 Å². The molecule has 1 N–H and O–H groups in total. The van der Waals surface area contributed by atoms with Crippen LogP contribution in [0, 0.1) is 5.82 Å². The Morgan fingerprint density at radius 3 is 2.44 bits per heavy atom. The molecule has 0 fully saturated rings. The van der Waals surface area contributed by atoms with Gasteiger partial charge in [0.05, 0.1) is 18.3 Å². The zero-order valence-corrected chi connectivity index (χ0v) is 13.8. The van der Waals surface area contributed by atoms with E-state index >= 15 is 0 Å². The van der Waals surface area contributed by atoms with Gasteiger partial charge >= 0.3 is 0 Å². The third-order valence-electron chi connectivity index (χ3n) is 3.83. The first-order valence-corrected chi connectivity index (χ1v) is 7.91. The van der Waals surface area contributed by atoms with Crippen molar-refractivity contribution in [3.63, 3.8) is 0 Å². The van der Waals surface area contributed by atoms with Crippen molar-refractivity contribution in [2.75, 3.05) is 17.3 Å². The Labute approximate surface area is 145 Å². The standard InChI is InChI=1S/C20H18FN3O/c1-24(17-8-3-2-4-9-17)19-12-11-16(14-22-19)23-20(25)13-15-7-5-6-10-18(15)21/h2-12,14H,13H2,1H3,(H,23,25). The van der Waals surface area contributed by atoms with E-state index in [-0.39, 0.29) is 18.1 Å². The van der Waals surface area contributed by atoms with E-state index in [9.17, 15) is 9.18 Å². The van der Waals surface area contributed by atoms with Crippen molar-refractivity contribution in [2.45, 2.75) is 6.42 Å². The highest BCUT2D eigenvalue weighted by Crippen LogP contribution is 2.22. The summed E-state index contributed by atoms with van der Waals surface area (Å²) in [4.78, 5) is 18.4. The van der Waals surface area contributed by atoms with Gasteiger partial charge in [0.15, 0.2) is 0 Å². The normalized spacial score (nSPS) is 10.3. The van der Waals surface area contributed by atoms with Gasteiger partial charge in [-0.05, 0) is 35.9 Å². The largest absolute Gasteiger partial charge is 0.329 e. The monoisotopic (exact) mass is 335 g/mol. The van der Waals surface area contributed by atoms with Crippen molar-refractivity contribution in [1.82, 2.24) is 4.98 Å². The summed E-state index contributed by atoms with van der Waals surface area (Å²) >= 11 is 0. The van der Waals surface area contributed by atoms with E-state index < -0.39 is 0 Å². The van der Waals surface area contributed by atoms with Gasteiger partial charge in [0.2, 0.25) is 5.91 Å². The van der Waals surface area contributed by atoms with Crippen LogP contribution in [0.1, 0.15) is 5.56 Å². The van der Waals surface area contributed by atoms with Crippen LogP contribution in [0.2, 0.25) is 0 Å². The highest BCUT2D eigenvalue weighted by atomic mass is 19.1. The number of hydrogen-bond acceptors (Lipinski definition) is 3. The van der Waals surface area contributed by atoms with Crippen LogP contribution in [0.5, 0.6) is 0 Å². The molecule has 0 bridgehead atoms. The molecular weight excluding hydrogens is 317 g/mol. The lowest BCUT2D eigenvalue weighted by Gasteiger charge is -2.18. The highest BCUT2D eigenvalue weighted by molar-refractivity contribution is 5.92. The number of carbonyl (C=O) groups is 1. The fraction of sp³-hybridized carbons (Fsp3) is 0.100. The van der Waals surface area contributed by atoms with E-state index in [4.69, 9.17) is 0 Å². The number of carbonyl (C=O) groups excluding carboxylic acids is 1. The minimum atomic E-state index is -0.379. The molecule has 2 aromatic carbocycles. The zero-order valence-electron chi connectivity index (χ0n) is 13.8. The maximum absolute atomic E-state index is 13.6. The maximum Gasteiger partial charge on any atom is 0.228 e. The summed E-state index contributed by atoms with van der Waals surface area (Å²) in [6.45, 7) is 0. The summed E-state index contributed by atoms with van der Waals surface area (Å²) in [6, 6.07) is 19.7. The highest BCUT2D eigenvalue weighted by Gasteiger charge is 2.09. The van der Waals surface area contributed by atoms with Gasteiger partial charge in [-0.25, -0.2) is 9.37 Å². The number of halogens is 1. The molecule has 1 amide bonds. The Balaban J connectivity index is 1.64. The molecule has 25 heavy (non-hydrogen) atoms. The van der Waals surface area contributed by atoms with E-state index in [1.54, 1.807) is 30.5 Å². The van der Waals surface area contributed by atoms with Gasteiger partial charge in [-0.15, -0.1) is 0 Å². The lowest BCUT2D eigenvalue weighted by Crippen LogP contribution is -2.16. The number of benzene rings is 2. The lowest BCUT2D eigenvalue weighted by molar-refractivity contribution is -0.115. The Morgan fingerprint density at radius 2 is 1.76 bits per heavy atom. The molecule has 3 aromatic rings. The molecular formula is C20H18FN3O. The molecule has 3 rings (SSSR count). The molecule has 0 saturated heterocycles. The van der Waals surface area contributed by atoms with Crippen LogP contribution in [-0.2, 0) is 11.2 Å². The first kappa shape index (κ1) is 16.6. The Bertz CT molecular complexity index is 850. The summed E-state index contributed by atoms with van der Waals surface area (Å²) < 4.78 is 13.6. The first-order valence-electron chi connectivity index (χ1n) is 7.91. The summed E-state index contributed by atoms with van der Waals surface area (Å²) in [7, 11) is 1.92. The fourth-order valence-corrected chi connectivity index (χ4v) is 2.46. The summed E-state index contributed by atoms with van der Waals surface area (Å²) in [5.74, 6) is 0.102. The molecule has 0 saturated carbocycles. The second-order valence-corrected chi connectivity index (χ2v) is 5.62. The zero-order chi connectivity index (χ0) is 17.6. The number of pyridine rings is 1. The first-order chi connectivity index (χ1) is 12.1. The molecule has 0 aliphatic rings. The van der Waals surface area contributed by atoms with Crippen LogP contribution >= 0.6 is 0 Å². The minimum absolute atomic E-state index is 0.0155. The van der Waals surface area contributed by atoms with Crippen molar-refractivity contribution < 1.29 is 9.18 Å². The van der Waals surface area contributed by atoms with E-state index in [1.807, 2.05) is 48.3 Å². The molecule has 0 radical (unpaired) electrons. The van der Waals surface area contributed by atoms with E-state index in [0.717, 1.165) is 11.5 Å². The quantitative estimate of drug-likeness (QED) is 0.761. The Hall–Kier alpha value is -3.21. The molecule has 126 valence electrons. The second kappa shape index (κ2) is 7.57. The molecule has 0 unspecified atom stereocenters. The third kappa shape index (κ3) is 4.20. The predicted octanol–water partition coefficient (Wildman–Crippen LogP) is 4.17. The molecule has 0 spiro atoms. The average Bonchev–Trinajstić information content (AvgIpc) is 2.64. The van der Waals surface area contributed by atoms with Gasteiger partial charge in [-0.1, -0.05) is 36.4 Å². The average molecular weight is 335 g/mol. The van der Waals surface area contributed by atoms with Crippen LogP contribution < -0.4 is 10.2 Å². The topological polar surface area (TPSA) is 45.2 Å². The summed E-state index contributed by atoms with van der Waals surface area (Å²) in [5.41, 5.74) is 1.96. The molecule has 0 atom stereocenters. The van der Waals surface area contributed by atoms with Gasteiger partial charge < -0.3 is 10.2 Å². The maximum atomic E-state index is 13.6. The van der Waals surface area contributed by atoms with Gasteiger partial charge in [-0.2, -0.15) is 0 Å². The predicted molar refractivity (Wildman–Crippen MR) is 97.5 cm³/mol. The number of hydrogen-bond donors (Lipinski definition) is 1. The molecule has 0 aliphatic carbocycles. The fourth-order valence-electron chi connectivity index (χ4n) is 2.46. The SMILES string of the molecule is CN(c1ccccc1)c1ccc(NC(=O)Cc2ccccc2F)cn1. The van der Waals surface area contributed by atoms with Gasteiger partial charge in [0, 0.05) is 12.7 Å². The molecule has 1 heterocycles. The number of aromatic nitrogens is 1. The van der Waals surface area contributed by atoms with Gasteiger partial charge in [0.25, 0.3) is 0 Å². The number of nitrogens with one attached hydrogen (secondary N) is 1. The van der Waals surface area contributed by atoms with E-state index in [0.29, 0.717) is 11.3 Å². The van der Waals surface area contributed by atoms with Crippen LogP contribution in [-0.4, -0.2) is 17.9 Å². The lowest BCUT2D eigenvalue weighted by atomic mass is 10.1. The number of anilines is 3. The minimum Gasteiger partial charge on any atom is -0.329 e. The number of amides is 1. The van der Waals surface area contributed by atoms with E-state index in [1.165, 1.54) is 6.07 Å². The summed E-state index contributed by atoms with van der Waals surface area (Å²) in [6.07, 6.45) is 1.58. The summed E-state index contributed by atoms with van der Waals surface area (Å²) in [5, 5.41) is 2.74. The van der Waals surface area contributed by atoms with Crippen LogP contribution in [0.3, 0.4) is 0 Å². The molecule has 1 aromatic heterocycles. The number of para-hydroxylation sites is 1. The van der Waals surface area contributed by atoms with Crippen molar-refractivity contribution in [2.24, 2.45) is 0 Å². The smallest absolute Gasteiger partial charge is 0.228 e. The van der Waals surface area contributed by atoms with Crippen LogP contribution in [0.15, 0.2) is 72.9 Å². The Morgan fingerprint density at radius 1 is 1.04 bits per heavy atom. The molecule has 0 aliphatic heterocycles. The Kier molecular flexibility index (Phi) is 5.04. The molecule has 5 heteroatoms. The van der Waals surface area contributed by atoms with Crippen molar-refractivity contribution in [3.8, 4) is 0 Å².